The Labute approximate surface area is 192 Å². The quantitative estimate of drug-likeness (QED) is 0.279. The Morgan fingerprint density at radius 3 is 2.52 bits per heavy atom. The van der Waals surface area contributed by atoms with E-state index in [4.69, 9.17) is 4.98 Å². The van der Waals surface area contributed by atoms with Gasteiger partial charge in [-0.3, -0.25) is 9.69 Å². The van der Waals surface area contributed by atoms with Crippen molar-refractivity contribution < 1.29 is 9.18 Å². The molecule has 0 radical (unpaired) electrons. The van der Waals surface area contributed by atoms with Gasteiger partial charge in [-0.25, -0.2) is 9.37 Å². The van der Waals surface area contributed by atoms with Crippen LogP contribution in [0.5, 0.6) is 0 Å². The van der Waals surface area contributed by atoms with E-state index in [0.29, 0.717) is 13.0 Å². The summed E-state index contributed by atoms with van der Waals surface area (Å²) in [5.74, 6) is 0.710. The Kier molecular flexibility index (Phi) is 8.46. The third-order valence-electron chi connectivity index (χ3n) is 5.21. The standard InChI is InChI=1S/C24H30FN3OS2/c1-17-8-13-21-23(18(17)2)26-24(31-21)28(15-6-14-27(3)4)22(29)7-5-16-30-20-11-9-19(25)10-12-20/h8-13H,5-7,14-16H2,1-4H3. The molecule has 0 bridgehead atoms. The first-order valence-electron chi connectivity index (χ1n) is 10.6. The number of rotatable bonds is 10. The van der Waals surface area contributed by atoms with Gasteiger partial charge in [-0.1, -0.05) is 17.4 Å². The van der Waals surface area contributed by atoms with Crippen molar-refractivity contribution in [1.82, 2.24) is 9.88 Å². The highest BCUT2D eigenvalue weighted by Crippen LogP contribution is 2.32. The van der Waals surface area contributed by atoms with Gasteiger partial charge in [0.05, 0.1) is 10.2 Å². The lowest BCUT2D eigenvalue weighted by Crippen LogP contribution is -2.33. The average Bonchev–Trinajstić information content (AvgIpc) is 3.17. The number of benzene rings is 2. The number of fused-ring (bicyclic) bond motifs is 1. The summed E-state index contributed by atoms with van der Waals surface area (Å²) in [7, 11) is 4.09. The Bertz CT molecular complexity index is 1020. The minimum absolute atomic E-state index is 0.117. The van der Waals surface area contributed by atoms with Crippen molar-refractivity contribution in [3.63, 3.8) is 0 Å². The van der Waals surface area contributed by atoms with Crippen LogP contribution in [0.15, 0.2) is 41.3 Å². The predicted octanol–water partition coefficient (Wildman–Crippen LogP) is 5.91. The van der Waals surface area contributed by atoms with Crippen LogP contribution >= 0.6 is 23.1 Å². The highest BCUT2D eigenvalue weighted by Gasteiger charge is 2.20. The largest absolute Gasteiger partial charge is 0.309 e. The maximum Gasteiger partial charge on any atom is 0.228 e. The van der Waals surface area contributed by atoms with Crippen molar-refractivity contribution in [2.45, 2.75) is 38.0 Å². The molecule has 7 heteroatoms. The Morgan fingerprint density at radius 2 is 1.81 bits per heavy atom. The zero-order valence-corrected chi connectivity index (χ0v) is 20.3. The third kappa shape index (κ3) is 6.51. The van der Waals surface area contributed by atoms with Gasteiger partial charge in [-0.05, 0) is 94.5 Å². The fraction of sp³-hybridized carbons (Fsp3) is 0.417. The summed E-state index contributed by atoms with van der Waals surface area (Å²) in [4.78, 5) is 23.0. The van der Waals surface area contributed by atoms with Gasteiger partial charge in [-0.2, -0.15) is 0 Å². The molecule has 0 fully saturated rings. The van der Waals surface area contributed by atoms with Crippen molar-refractivity contribution in [2.24, 2.45) is 0 Å². The van der Waals surface area contributed by atoms with E-state index in [2.05, 4.69) is 30.9 Å². The van der Waals surface area contributed by atoms with E-state index in [1.807, 2.05) is 19.0 Å². The minimum atomic E-state index is -0.228. The smallest absolute Gasteiger partial charge is 0.228 e. The SMILES string of the molecule is Cc1ccc2sc(N(CCCN(C)C)C(=O)CCCSc3ccc(F)cc3)nc2c1C. The van der Waals surface area contributed by atoms with Crippen LogP contribution in [-0.2, 0) is 4.79 Å². The number of aromatic nitrogens is 1. The lowest BCUT2D eigenvalue weighted by Gasteiger charge is -2.21. The number of carbonyl (C=O) groups excluding carboxylic acids is 1. The number of carbonyl (C=O) groups is 1. The van der Waals surface area contributed by atoms with Crippen LogP contribution < -0.4 is 4.90 Å². The molecular weight excluding hydrogens is 429 g/mol. The van der Waals surface area contributed by atoms with Gasteiger partial charge in [0.25, 0.3) is 0 Å². The van der Waals surface area contributed by atoms with Crippen LogP contribution in [0.2, 0.25) is 0 Å². The van der Waals surface area contributed by atoms with Gasteiger partial charge in [0, 0.05) is 17.9 Å². The number of thiazole rings is 1. The first-order chi connectivity index (χ1) is 14.8. The number of nitrogens with zero attached hydrogens (tertiary/aromatic N) is 3. The van der Waals surface area contributed by atoms with Gasteiger partial charge in [0.1, 0.15) is 5.82 Å². The molecule has 0 aliphatic heterocycles. The lowest BCUT2D eigenvalue weighted by atomic mass is 10.1. The normalized spacial score (nSPS) is 11.4. The van der Waals surface area contributed by atoms with Crippen LogP contribution in [0, 0.1) is 19.7 Å². The Hall–Kier alpha value is -1.96. The van der Waals surface area contributed by atoms with Gasteiger partial charge in [-0.15, -0.1) is 11.8 Å². The Balaban J connectivity index is 1.66. The second-order valence-corrected chi connectivity index (χ2v) is 10.1. The highest BCUT2D eigenvalue weighted by molar-refractivity contribution is 7.99. The molecule has 0 N–H and O–H groups in total. The molecule has 1 heterocycles. The molecule has 0 saturated heterocycles. The third-order valence-corrected chi connectivity index (χ3v) is 7.35. The number of amides is 1. The fourth-order valence-corrected chi connectivity index (χ4v) is 5.20. The number of thioether (sulfide) groups is 1. The van der Waals surface area contributed by atoms with Crippen molar-refractivity contribution in [1.29, 1.82) is 0 Å². The average molecular weight is 460 g/mol. The van der Waals surface area contributed by atoms with Crippen LogP contribution in [-0.4, -0.2) is 48.7 Å². The molecule has 31 heavy (non-hydrogen) atoms. The van der Waals surface area contributed by atoms with Gasteiger partial charge in [0.15, 0.2) is 5.13 Å². The van der Waals surface area contributed by atoms with E-state index < -0.39 is 0 Å². The van der Waals surface area contributed by atoms with E-state index in [1.54, 1.807) is 35.2 Å². The summed E-state index contributed by atoms with van der Waals surface area (Å²) in [6.07, 6.45) is 2.15. The number of hydrogen-bond donors (Lipinski definition) is 0. The summed E-state index contributed by atoms with van der Waals surface area (Å²) in [6, 6.07) is 10.7. The molecule has 0 saturated carbocycles. The molecule has 0 aliphatic carbocycles. The van der Waals surface area contributed by atoms with E-state index >= 15 is 0 Å². The molecule has 0 spiro atoms. The zero-order valence-electron chi connectivity index (χ0n) is 18.7. The topological polar surface area (TPSA) is 36.4 Å². The predicted molar refractivity (Wildman–Crippen MR) is 131 cm³/mol. The molecule has 1 amide bonds. The van der Waals surface area contributed by atoms with E-state index in [1.165, 1.54) is 23.3 Å². The molecule has 166 valence electrons. The molecule has 2 aromatic carbocycles. The second-order valence-electron chi connectivity index (χ2n) is 7.96. The van der Waals surface area contributed by atoms with Crippen molar-refractivity contribution >= 4 is 44.4 Å². The monoisotopic (exact) mass is 459 g/mol. The minimum Gasteiger partial charge on any atom is -0.309 e. The lowest BCUT2D eigenvalue weighted by molar-refractivity contribution is -0.118. The van der Waals surface area contributed by atoms with E-state index in [0.717, 1.165) is 45.4 Å². The van der Waals surface area contributed by atoms with Gasteiger partial charge >= 0.3 is 0 Å². The number of halogens is 1. The second kappa shape index (κ2) is 11.1. The van der Waals surface area contributed by atoms with Crippen LogP contribution in [0.4, 0.5) is 9.52 Å². The van der Waals surface area contributed by atoms with Crippen LogP contribution in [0.3, 0.4) is 0 Å². The van der Waals surface area contributed by atoms with E-state index in [9.17, 15) is 9.18 Å². The van der Waals surface area contributed by atoms with Gasteiger partial charge < -0.3 is 4.90 Å². The number of anilines is 1. The molecular formula is C24H30FN3OS2. The molecule has 4 nitrogen and oxygen atoms in total. The molecule has 3 aromatic rings. The highest BCUT2D eigenvalue weighted by atomic mass is 32.2. The maximum atomic E-state index is 13.1. The zero-order chi connectivity index (χ0) is 22.4. The summed E-state index contributed by atoms with van der Waals surface area (Å²) in [6.45, 7) is 5.77. The van der Waals surface area contributed by atoms with Crippen molar-refractivity contribution in [3.05, 3.63) is 53.3 Å². The molecule has 1 aromatic heterocycles. The molecule has 0 aliphatic rings. The number of aryl methyl sites for hydroxylation is 2. The fourth-order valence-electron chi connectivity index (χ4n) is 3.28. The summed E-state index contributed by atoms with van der Waals surface area (Å²) in [5, 5.41) is 0.790. The molecule has 0 unspecified atom stereocenters. The van der Waals surface area contributed by atoms with Crippen LogP contribution in [0.25, 0.3) is 10.2 Å². The van der Waals surface area contributed by atoms with Gasteiger partial charge in [0.2, 0.25) is 5.91 Å². The maximum absolute atomic E-state index is 13.1. The van der Waals surface area contributed by atoms with E-state index in [-0.39, 0.29) is 11.7 Å². The summed E-state index contributed by atoms with van der Waals surface area (Å²) in [5.41, 5.74) is 3.39. The molecule has 3 rings (SSSR count). The van der Waals surface area contributed by atoms with Crippen molar-refractivity contribution in [3.8, 4) is 0 Å². The number of hydrogen-bond acceptors (Lipinski definition) is 5. The first-order valence-corrected chi connectivity index (χ1v) is 12.4. The first kappa shape index (κ1) is 23.7. The summed E-state index contributed by atoms with van der Waals surface area (Å²) >= 11 is 3.24. The Morgan fingerprint density at radius 1 is 1.06 bits per heavy atom. The summed E-state index contributed by atoms with van der Waals surface area (Å²) < 4.78 is 14.2. The van der Waals surface area contributed by atoms with Crippen molar-refractivity contribution in [2.75, 3.05) is 37.8 Å². The van der Waals surface area contributed by atoms with Crippen LogP contribution in [0.1, 0.15) is 30.4 Å². The molecule has 0 atom stereocenters.